The molecule has 0 saturated carbocycles. The van der Waals surface area contributed by atoms with Crippen molar-refractivity contribution in [2.75, 3.05) is 42.8 Å². The summed E-state index contributed by atoms with van der Waals surface area (Å²) < 4.78 is 16.8. The van der Waals surface area contributed by atoms with E-state index >= 15 is 0 Å². The maximum Gasteiger partial charge on any atom is 0.126 e. The highest BCUT2D eigenvalue weighted by Crippen LogP contribution is 2.21. The molecule has 128 valence electrons. The average molecular weight is 345 g/mol. The number of nitrogens with zero attached hydrogens (tertiary/aromatic N) is 2. The van der Waals surface area contributed by atoms with E-state index in [1.807, 2.05) is 36.5 Å². The molecule has 0 aliphatic carbocycles. The number of pyridine rings is 1. The number of aromatic nitrogens is 1. The van der Waals surface area contributed by atoms with Gasteiger partial charge in [-0.15, -0.1) is 0 Å². The lowest BCUT2D eigenvalue weighted by Crippen LogP contribution is -2.36. The van der Waals surface area contributed by atoms with E-state index in [4.69, 9.17) is 4.74 Å². The molecule has 6 heteroatoms. The van der Waals surface area contributed by atoms with Crippen LogP contribution in [0.4, 0.5) is 11.5 Å². The summed E-state index contributed by atoms with van der Waals surface area (Å²) in [4.78, 5) is 7.65. The molecule has 0 spiro atoms. The Morgan fingerprint density at radius 2 is 1.88 bits per heavy atom. The lowest BCUT2D eigenvalue weighted by molar-refractivity contribution is 0.122. The lowest BCUT2D eigenvalue weighted by atomic mass is 10.1. The van der Waals surface area contributed by atoms with Gasteiger partial charge in [0.05, 0.1) is 25.1 Å². The number of anilines is 2. The molecule has 1 aromatic heterocycles. The van der Waals surface area contributed by atoms with Crippen LogP contribution in [0.3, 0.4) is 0 Å². The fourth-order valence-corrected chi connectivity index (χ4v) is 3.25. The number of nitrogens with one attached hydrogen (secondary N) is 1. The first-order valence-corrected chi connectivity index (χ1v) is 9.68. The first kappa shape index (κ1) is 16.9. The fourth-order valence-electron chi connectivity index (χ4n) is 2.73. The van der Waals surface area contributed by atoms with Crippen molar-refractivity contribution in [3.63, 3.8) is 0 Å². The topological polar surface area (TPSA) is 54.5 Å². The molecule has 1 aliphatic heterocycles. The maximum atomic E-state index is 11.5. The summed E-state index contributed by atoms with van der Waals surface area (Å²) in [5.74, 6) is 0.850. The Hall–Kier alpha value is -1.92. The van der Waals surface area contributed by atoms with Gasteiger partial charge in [0.15, 0.2) is 0 Å². The largest absolute Gasteiger partial charge is 0.378 e. The zero-order valence-corrected chi connectivity index (χ0v) is 14.9. The molecule has 0 amide bonds. The van der Waals surface area contributed by atoms with Gasteiger partial charge in [0.1, 0.15) is 5.82 Å². The summed E-state index contributed by atoms with van der Waals surface area (Å²) in [7, 11) is -0.940. The van der Waals surface area contributed by atoms with Crippen LogP contribution in [0.15, 0.2) is 47.5 Å². The van der Waals surface area contributed by atoms with Crippen molar-refractivity contribution in [2.24, 2.45) is 0 Å². The minimum Gasteiger partial charge on any atom is -0.378 e. The third kappa shape index (κ3) is 4.13. The Morgan fingerprint density at radius 3 is 2.46 bits per heavy atom. The number of hydrogen-bond acceptors (Lipinski definition) is 5. The monoisotopic (exact) mass is 345 g/mol. The van der Waals surface area contributed by atoms with Crippen LogP contribution >= 0.6 is 0 Å². The first-order chi connectivity index (χ1) is 11.6. The molecule has 24 heavy (non-hydrogen) atoms. The SMILES string of the molecule is CC(Nc1ccc(N2CCOCC2)cn1)c1ccc(S(C)=O)cc1. The zero-order chi connectivity index (χ0) is 16.9. The van der Waals surface area contributed by atoms with E-state index in [-0.39, 0.29) is 6.04 Å². The Labute approximate surface area is 145 Å². The minimum atomic E-state index is -0.940. The molecule has 5 nitrogen and oxygen atoms in total. The minimum absolute atomic E-state index is 0.131. The van der Waals surface area contributed by atoms with Crippen molar-refractivity contribution in [1.29, 1.82) is 0 Å². The lowest BCUT2D eigenvalue weighted by Gasteiger charge is -2.28. The fraction of sp³-hybridized carbons (Fsp3) is 0.389. The predicted molar refractivity (Wildman–Crippen MR) is 98.1 cm³/mol. The molecule has 1 saturated heterocycles. The van der Waals surface area contributed by atoms with E-state index in [1.54, 1.807) is 6.26 Å². The molecular weight excluding hydrogens is 322 g/mol. The number of benzene rings is 1. The predicted octanol–water partition coefficient (Wildman–Crippen LogP) is 2.83. The molecule has 2 heterocycles. The van der Waals surface area contributed by atoms with Crippen LogP contribution in [-0.4, -0.2) is 41.8 Å². The Morgan fingerprint density at radius 1 is 1.17 bits per heavy atom. The first-order valence-electron chi connectivity index (χ1n) is 8.12. The molecule has 1 aromatic carbocycles. The molecule has 2 aromatic rings. The van der Waals surface area contributed by atoms with Gasteiger partial charge in [0.2, 0.25) is 0 Å². The summed E-state index contributed by atoms with van der Waals surface area (Å²) in [6.45, 7) is 5.46. The molecule has 1 fully saturated rings. The van der Waals surface area contributed by atoms with Crippen molar-refractivity contribution >= 4 is 22.3 Å². The molecule has 1 N–H and O–H groups in total. The number of hydrogen-bond donors (Lipinski definition) is 1. The van der Waals surface area contributed by atoms with E-state index in [9.17, 15) is 4.21 Å². The molecular formula is C18H23N3O2S. The van der Waals surface area contributed by atoms with E-state index < -0.39 is 10.8 Å². The molecule has 0 bridgehead atoms. The van der Waals surface area contributed by atoms with Gasteiger partial charge in [-0.25, -0.2) is 4.98 Å². The average Bonchev–Trinajstić information content (AvgIpc) is 2.63. The van der Waals surface area contributed by atoms with Gasteiger partial charge < -0.3 is 15.0 Å². The van der Waals surface area contributed by atoms with Crippen LogP contribution in [-0.2, 0) is 15.5 Å². The Bertz CT molecular complexity index is 682. The normalized spacial score (nSPS) is 17.3. The highest BCUT2D eigenvalue weighted by molar-refractivity contribution is 7.84. The smallest absolute Gasteiger partial charge is 0.126 e. The number of rotatable bonds is 5. The van der Waals surface area contributed by atoms with Crippen molar-refractivity contribution in [3.05, 3.63) is 48.2 Å². The van der Waals surface area contributed by atoms with Crippen LogP contribution in [0, 0.1) is 0 Å². The highest BCUT2D eigenvalue weighted by Gasteiger charge is 2.12. The van der Waals surface area contributed by atoms with Gasteiger partial charge in [-0.3, -0.25) is 4.21 Å². The second kappa shape index (κ2) is 7.77. The van der Waals surface area contributed by atoms with Gasteiger partial charge in [0.25, 0.3) is 0 Å². The van der Waals surface area contributed by atoms with Crippen LogP contribution in [0.2, 0.25) is 0 Å². The van der Waals surface area contributed by atoms with E-state index in [2.05, 4.69) is 28.2 Å². The molecule has 3 rings (SSSR count). The van der Waals surface area contributed by atoms with Gasteiger partial charge in [-0.2, -0.15) is 0 Å². The van der Waals surface area contributed by atoms with Crippen molar-refractivity contribution in [1.82, 2.24) is 4.98 Å². The van der Waals surface area contributed by atoms with Gasteiger partial charge >= 0.3 is 0 Å². The quantitative estimate of drug-likeness (QED) is 0.903. The Balaban J connectivity index is 1.63. The third-order valence-electron chi connectivity index (χ3n) is 4.20. The molecule has 2 atom stereocenters. The maximum absolute atomic E-state index is 11.5. The van der Waals surface area contributed by atoms with Crippen molar-refractivity contribution < 1.29 is 8.95 Å². The summed E-state index contributed by atoms with van der Waals surface area (Å²) in [5, 5.41) is 3.41. The van der Waals surface area contributed by atoms with Gasteiger partial charge in [0, 0.05) is 41.1 Å². The number of ether oxygens (including phenoxy) is 1. The van der Waals surface area contributed by atoms with E-state index in [0.29, 0.717) is 0 Å². The summed E-state index contributed by atoms with van der Waals surface area (Å²) in [6, 6.07) is 12.1. The Kier molecular flexibility index (Phi) is 5.48. The van der Waals surface area contributed by atoms with Crippen LogP contribution < -0.4 is 10.2 Å². The molecule has 2 unspecified atom stereocenters. The third-order valence-corrected chi connectivity index (χ3v) is 5.14. The van der Waals surface area contributed by atoms with Crippen molar-refractivity contribution in [3.8, 4) is 0 Å². The number of morpholine rings is 1. The summed E-state index contributed by atoms with van der Waals surface area (Å²) >= 11 is 0. The van der Waals surface area contributed by atoms with Gasteiger partial charge in [-0.05, 0) is 36.8 Å². The van der Waals surface area contributed by atoms with Crippen molar-refractivity contribution in [2.45, 2.75) is 17.9 Å². The highest BCUT2D eigenvalue weighted by atomic mass is 32.2. The molecule has 1 aliphatic rings. The second-order valence-corrected chi connectivity index (χ2v) is 7.27. The van der Waals surface area contributed by atoms with E-state index in [0.717, 1.165) is 48.3 Å². The molecule has 0 radical (unpaired) electrons. The van der Waals surface area contributed by atoms with E-state index in [1.165, 1.54) is 0 Å². The standard InChI is InChI=1S/C18H23N3O2S/c1-14(15-3-6-17(7-4-15)24(2)22)20-18-8-5-16(13-19-18)21-9-11-23-12-10-21/h3-8,13-14H,9-12H2,1-2H3,(H,19,20). The van der Waals surface area contributed by atoms with Crippen LogP contribution in [0.5, 0.6) is 0 Å². The van der Waals surface area contributed by atoms with Crippen LogP contribution in [0.25, 0.3) is 0 Å². The summed E-state index contributed by atoms with van der Waals surface area (Å²) in [5.41, 5.74) is 2.27. The second-order valence-electron chi connectivity index (χ2n) is 5.89. The summed E-state index contributed by atoms with van der Waals surface area (Å²) in [6.07, 6.45) is 3.60. The van der Waals surface area contributed by atoms with Crippen LogP contribution in [0.1, 0.15) is 18.5 Å². The van der Waals surface area contributed by atoms with Gasteiger partial charge in [-0.1, -0.05) is 12.1 Å². The zero-order valence-electron chi connectivity index (χ0n) is 14.1.